The van der Waals surface area contributed by atoms with Crippen molar-refractivity contribution >= 4 is 10.1 Å². The summed E-state index contributed by atoms with van der Waals surface area (Å²) in [6, 6.07) is 45.1. The van der Waals surface area contributed by atoms with E-state index in [1.54, 1.807) is 12.1 Å². The highest BCUT2D eigenvalue weighted by Crippen LogP contribution is 2.28. The van der Waals surface area contributed by atoms with Crippen LogP contribution in [0.5, 0.6) is 0 Å². The van der Waals surface area contributed by atoms with Crippen molar-refractivity contribution in [1.82, 2.24) is 0 Å². The lowest BCUT2D eigenvalue weighted by Crippen LogP contribution is -2.42. The molecule has 4 fully saturated rings. The van der Waals surface area contributed by atoms with Crippen molar-refractivity contribution in [2.75, 3.05) is 92.5 Å². The van der Waals surface area contributed by atoms with E-state index in [-0.39, 0.29) is 97.4 Å². The first-order chi connectivity index (χ1) is 36.3. The Morgan fingerprint density at radius 2 is 0.649 bits per heavy atom. The van der Waals surface area contributed by atoms with Crippen LogP contribution in [0.2, 0.25) is 0 Å². The van der Waals surface area contributed by atoms with Gasteiger partial charge in [0, 0.05) is 22.3 Å². The molecule has 4 aliphatic rings. The highest BCUT2D eigenvalue weighted by molar-refractivity contribution is 7.86. The fourth-order valence-corrected chi connectivity index (χ4v) is 9.38. The maximum atomic E-state index is 13.9. The van der Waals surface area contributed by atoms with E-state index in [0.717, 1.165) is 27.8 Å². The fourth-order valence-electron chi connectivity index (χ4n) is 8.33. The van der Waals surface area contributed by atoms with Gasteiger partial charge in [0.2, 0.25) is 0 Å². The van der Waals surface area contributed by atoms with Gasteiger partial charge in [0.1, 0.15) is 42.7 Å². The largest absolute Gasteiger partial charge is 0.371 e. The summed E-state index contributed by atoms with van der Waals surface area (Å²) in [6.45, 7) is 3.78. The lowest BCUT2D eigenvalue weighted by atomic mass is 10.2. The Balaban J connectivity index is 0.860. The number of hydrogen-bond donors (Lipinski definition) is 0. The molecule has 18 heteroatoms. The summed E-state index contributed by atoms with van der Waals surface area (Å²) in [5.41, 5.74) is 4.52. The fraction of sp³-hybridized carbons (Fsp3) is 0.464. The van der Waals surface area contributed by atoms with Gasteiger partial charge in [0.15, 0.2) is 25.2 Å². The van der Waals surface area contributed by atoms with E-state index in [4.69, 9.17) is 70.5 Å². The minimum atomic E-state index is -4.32. The van der Waals surface area contributed by atoms with E-state index in [1.165, 1.54) is 12.1 Å². The Kier molecular flexibility index (Phi) is 20.5. The summed E-state index contributed by atoms with van der Waals surface area (Å²) in [5.74, 6) is 0. The predicted molar refractivity (Wildman–Crippen MR) is 266 cm³/mol. The van der Waals surface area contributed by atoms with E-state index < -0.39 is 78.0 Å². The van der Waals surface area contributed by atoms with Crippen molar-refractivity contribution in [2.24, 2.45) is 0 Å². The van der Waals surface area contributed by atoms with Crippen LogP contribution in [0.25, 0.3) is 0 Å². The second-order valence-corrected chi connectivity index (χ2v) is 19.9. The van der Waals surface area contributed by atoms with E-state index in [2.05, 4.69) is 0 Å². The van der Waals surface area contributed by atoms with Gasteiger partial charge in [0.05, 0.1) is 97.4 Å². The number of benzene rings is 5. The molecule has 17 nitrogen and oxygen atoms in total. The molecule has 74 heavy (non-hydrogen) atoms. The molecule has 0 saturated carbocycles. The van der Waals surface area contributed by atoms with Gasteiger partial charge in [-0.3, -0.25) is 4.18 Å². The molecule has 0 aromatic heterocycles. The smallest absolute Gasteiger partial charge is 0.297 e. The number of aryl methyl sites for hydroxylation is 1. The molecule has 4 aliphatic heterocycles. The molecular formula is C56H66O17S. The summed E-state index contributed by atoms with van der Waals surface area (Å²) in [5, 5.41) is 0. The van der Waals surface area contributed by atoms with E-state index in [1.807, 2.05) is 128 Å². The second kappa shape index (κ2) is 28.0. The normalized spacial score (nSPS) is 26.0. The molecule has 0 amide bonds. The molecule has 0 bridgehead atoms. The first kappa shape index (κ1) is 54.2. The van der Waals surface area contributed by atoms with Crippen LogP contribution in [0, 0.1) is 6.92 Å². The standard InChI is InChI=1S/C56H66O17S/c1-40-22-24-52(25-23-40)74(57,58)73-51(38-63-45(26-59-47-30-65-53(66-31-47)41-14-6-2-7-15-41)27-60-48-32-67-54(68-33-48)42-16-8-3-9-17-42)39-64-46(28-61-49-34-69-55(70-35-49)43-18-10-4-11-19-43)29-62-50-36-71-56(72-37-50)44-20-12-5-13-21-44/h2-25,45-51,53-56H,26-39H2,1H3. The summed E-state index contributed by atoms with van der Waals surface area (Å²) >= 11 is 0. The van der Waals surface area contributed by atoms with Crippen molar-refractivity contribution in [1.29, 1.82) is 0 Å². The zero-order valence-corrected chi connectivity index (χ0v) is 42.3. The predicted octanol–water partition coefficient (Wildman–Crippen LogP) is 7.36. The Morgan fingerprint density at radius 3 is 0.919 bits per heavy atom. The van der Waals surface area contributed by atoms with Crippen LogP contribution in [0.1, 0.15) is 53.0 Å². The van der Waals surface area contributed by atoms with Crippen molar-refractivity contribution < 1.29 is 78.9 Å². The number of rotatable bonds is 25. The van der Waals surface area contributed by atoms with E-state index in [9.17, 15) is 8.42 Å². The third kappa shape index (κ3) is 16.5. The molecular weight excluding hydrogens is 977 g/mol. The van der Waals surface area contributed by atoms with Crippen molar-refractivity contribution in [3.8, 4) is 0 Å². The molecule has 0 radical (unpaired) electrons. The van der Waals surface area contributed by atoms with Gasteiger partial charge >= 0.3 is 0 Å². The van der Waals surface area contributed by atoms with Crippen LogP contribution >= 0.6 is 0 Å². The highest BCUT2D eigenvalue weighted by Gasteiger charge is 2.32. The summed E-state index contributed by atoms with van der Waals surface area (Å²) in [7, 11) is -4.32. The molecule has 9 rings (SSSR count). The summed E-state index contributed by atoms with van der Waals surface area (Å²) < 4.78 is 120. The lowest BCUT2D eigenvalue weighted by Gasteiger charge is -2.33. The average molecular weight is 1040 g/mol. The van der Waals surface area contributed by atoms with Crippen LogP contribution in [0.3, 0.4) is 0 Å². The average Bonchev–Trinajstić information content (AvgIpc) is 3.46. The molecule has 4 heterocycles. The van der Waals surface area contributed by atoms with Gasteiger partial charge in [-0.05, 0) is 19.1 Å². The van der Waals surface area contributed by atoms with Crippen LogP contribution in [-0.2, 0) is 80.6 Å². The van der Waals surface area contributed by atoms with E-state index in [0.29, 0.717) is 0 Å². The Hall–Kier alpha value is -4.55. The Bertz CT molecular complexity index is 2180. The van der Waals surface area contributed by atoms with Crippen LogP contribution in [0.15, 0.2) is 150 Å². The molecule has 5 aromatic carbocycles. The SMILES string of the molecule is Cc1ccc(S(=O)(=O)OC(COC(COC2COC(c3ccccc3)OC2)COC2COC(c3ccccc3)OC2)COC(COC2COC(c3ccccc3)OC2)COC2COC(c3ccccc3)OC2)cc1. The third-order valence-electron chi connectivity index (χ3n) is 12.4. The van der Waals surface area contributed by atoms with Crippen molar-refractivity contribution in [2.45, 2.75) is 79.7 Å². The molecule has 0 atom stereocenters. The minimum Gasteiger partial charge on any atom is -0.371 e. The quantitative estimate of drug-likeness (QED) is 0.0530. The van der Waals surface area contributed by atoms with Crippen LogP contribution < -0.4 is 0 Å². The zero-order valence-electron chi connectivity index (χ0n) is 41.5. The maximum Gasteiger partial charge on any atom is 0.297 e. The lowest BCUT2D eigenvalue weighted by molar-refractivity contribution is -0.246. The van der Waals surface area contributed by atoms with Gasteiger partial charge in [-0.2, -0.15) is 8.42 Å². The molecule has 0 spiro atoms. The summed E-state index contributed by atoms with van der Waals surface area (Å²) in [4.78, 5) is -0.0195. The minimum absolute atomic E-state index is 0.0195. The van der Waals surface area contributed by atoms with Crippen LogP contribution in [-0.4, -0.2) is 144 Å². The third-order valence-corrected chi connectivity index (χ3v) is 13.8. The van der Waals surface area contributed by atoms with Gasteiger partial charge in [-0.1, -0.05) is 139 Å². The maximum absolute atomic E-state index is 13.9. The van der Waals surface area contributed by atoms with E-state index >= 15 is 0 Å². The molecule has 398 valence electrons. The first-order valence-electron chi connectivity index (χ1n) is 25.1. The Morgan fingerprint density at radius 1 is 0.378 bits per heavy atom. The second-order valence-electron chi connectivity index (χ2n) is 18.4. The van der Waals surface area contributed by atoms with Crippen molar-refractivity contribution in [3.05, 3.63) is 173 Å². The first-order valence-corrected chi connectivity index (χ1v) is 26.5. The van der Waals surface area contributed by atoms with Gasteiger partial charge in [-0.25, -0.2) is 0 Å². The molecule has 5 aromatic rings. The van der Waals surface area contributed by atoms with Gasteiger partial charge < -0.3 is 66.3 Å². The van der Waals surface area contributed by atoms with Gasteiger partial charge in [-0.15, -0.1) is 0 Å². The Labute approximate surface area is 433 Å². The molecule has 4 saturated heterocycles. The summed E-state index contributed by atoms with van der Waals surface area (Å²) in [6.07, 6.45) is -6.33. The molecule has 0 N–H and O–H groups in total. The number of hydrogen-bond acceptors (Lipinski definition) is 17. The van der Waals surface area contributed by atoms with Gasteiger partial charge in [0.25, 0.3) is 10.1 Å². The highest BCUT2D eigenvalue weighted by atomic mass is 32.2. The molecule has 0 aliphatic carbocycles. The van der Waals surface area contributed by atoms with Crippen LogP contribution in [0.4, 0.5) is 0 Å². The topological polar surface area (TPSA) is 173 Å². The molecule has 0 unspecified atom stereocenters. The number of ether oxygens (including phenoxy) is 14. The zero-order chi connectivity index (χ0) is 50.8. The van der Waals surface area contributed by atoms with Crippen molar-refractivity contribution in [3.63, 3.8) is 0 Å². The monoisotopic (exact) mass is 1040 g/mol.